The summed E-state index contributed by atoms with van der Waals surface area (Å²) in [6, 6.07) is 2.31. The van der Waals surface area contributed by atoms with Gasteiger partial charge in [0.2, 0.25) is 0 Å². The minimum absolute atomic E-state index is 0.389. The molecule has 2 aromatic rings. The summed E-state index contributed by atoms with van der Waals surface area (Å²) >= 11 is 0. The van der Waals surface area contributed by atoms with Gasteiger partial charge < -0.3 is 4.90 Å². The number of aryl methyl sites for hydroxylation is 2. The second-order valence-corrected chi connectivity index (χ2v) is 6.50. The van der Waals surface area contributed by atoms with E-state index in [-0.39, 0.29) is 0 Å². The predicted octanol–water partition coefficient (Wildman–Crippen LogP) is 3.10. The van der Waals surface area contributed by atoms with Crippen LogP contribution in [0.1, 0.15) is 48.7 Å². The maximum atomic E-state index is 11.5. The minimum atomic E-state index is 0.389. The second-order valence-electron chi connectivity index (χ2n) is 6.50. The maximum absolute atomic E-state index is 11.5. The van der Waals surface area contributed by atoms with Crippen molar-refractivity contribution in [1.82, 2.24) is 14.8 Å². The predicted molar refractivity (Wildman–Crippen MR) is 88.5 cm³/mol. The topological polar surface area (TPSA) is 51.0 Å². The lowest BCUT2D eigenvalue weighted by Gasteiger charge is -2.31. The van der Waals surface area contributed by atoms with Crippen molar-refractivity contribution in [1.29, 1.82) is 0 Å². The average molecular weight is 300 g/mol. The Hall–Kier alpha value is -1.91. The van der Waals surface area contributed by atoms with Gasteiger partial charge >= 0.3 is 0 Å². The van der Waals surface area contributed by atoms with Crippen molar-refractivity contribution in [3.8, 4) is 0 Å². The number of anilines is 1. The van der Waals surface area contributed by atoms with Crippen molar-refractivity contribution < 1.29 is 4.79 Å². The molecule has 5 nitrogen and oxygen atoms in total. The van der Waals surface area contributed by atoms with Crippen LogP contribution in [0, 0.1) is 12.8 Å². The fourth-order valence-electron chi connectivity index (χ4n) is 3.67. The van der Waals surface area contributed by atoms with Crippen LogP contribution in [0.25, 0.3) is 11.0 Å². The third kappa shape index (κ3) is 2.38. The number of aromatic nitrogens is 3. The SMILES string of the molecule is Cc1nn(C)c2nc(N(C)C(C)C3CCCC3)c(C=O)cc12. The van der Waals surface area contributed by atoms with Gasteiger partial charge in [0.05, 0.1) is 11.3 Å². The van der Waals surface area contributed by atoms with Gasteiger partial charge in [-0.05, 0) is 38.7 Å². The van der Waals surface area contributed by atoms with Crippen molar-refractivity contribution in [3.05, 3.63) is 17.3 Å². The first-order chi connectivity index (χ1) is 10.5. The Labute approximate surface area is 131 Å². The van der Waals surface area contributed by atoms with E-state index >= 15 is 0 Å². The zero-order valence-electron chi connectivity index (χ0n) is 13.8. The monoisotopic (exact) mass is 300 g/mol. The number of fused-ring (bicyclic) bond motifs is 1. The quantitative estimate of drug-likeness (QED) is 0.814. The van der Waals surface area contributed by atoms with Gasteiger partial charge in [0.25, 0.3) is 0 Å². The summed E-state index contributed by atoms with van der Waals surface area (Å²) in [6.07, 6.45) is 6.09. The Kier molecular flexibility index (Phi) is 3.89. The number of hydrogen-bond acceptors (Lipinski definition) is 4. The molecular weight excluding hydrogens is 276 g/mol. The van der Waals surface area contributed by atoms with E-state index in [1.165, 1.54) is 25.7 Å². The van der Waals surface area contributed by atoms with Crippen molar-refractivity contribution >= 4 is 23.1 Å². The molecule has 2 aromatic heterocycles. The molecule has 1 aliphatic carbocycles. The lowest BCUT2D eigenvalue weighted by molar-refractivity contribution is 0.112. The molecule has 22 heavy (non-hydrogen) atoms. The van der Waals surface area contributed by atoms with E-state index in [1.807, 2.05) is 27.1 Å². The number of rotatable bonds is 4. The number of carbonyl (C=O) groups excluding carboxylic acids is 1. The molecule has 1 atom stereocenters. The second kappa shape index (κ2) is 5.71. The third-order valence-corrected chi connectivity index (χ3v) is 5.16. The first-order valence-corrected chi connectivity index (χ1v) is 8.05. The molecule has 1 unspecified atom stereocenters. The van der Waals surface area contributed by atoms with Gasteiger partial charge in [-0.3, -0.25) is 9.48 Å². The molecule has 1 fully saturated rings. The number of nitrogens with zero attached hydrogens (tertiary/aromatic N) is 4. The van der Waals surface area contributed by atoms with E-state index in [1.54, 1.807) is 4.68 Å². The summed E-state index contributed by atoms with van der Waals surface area (Å²) in [5.74, 6) is 1.46. The van der Waals surface area contributed by atoms with Gasteiger partial charge in [0.1, 0.15) is 5.82 Å². The summed E-state index contributed by atoms with van der Waals surface area (Å²) in [4.78, 5) is 18.5. The van der Waals surface area contributed by atoms with E-state index in [0.29, 0.717) is 17.5 Å². The molecule has 0 saturated heterocycles. The smallest absolute Gasteiger partial charge is 0.160 e. The molecule has 0 bridgehead atoms. The summed E-state index contributed by atoms with van der Waals surface area (Å²) in [7, 11) is 3.94. The zero-order valence-corrected chi connectivity index (χ0v) is 13.8. The molecule has 0 N–H and O–H groups in total. The zero-order chi connectivity index (χ0) is 15.9. The van der Waals surface area contributed by atoms with Crippen LogP contribution in [0.2, 0.25) is 0 Å². The van der Waals surface area contributed by atoms with E-state index < -0.39 is 0 Å². The molecule has 0 aromatic carbocycles. The summed E-state index contributed by atoms with van der Waals surface area (Å²) in [5, 5.41) is 5.36. The summed E-state index contributed by atoms with van der Waals surface area (Å²) in [5.41, 5.74) is 2.39. The largest absolute Gasteiger partial charge is 0.356 e. The van der Waals surface area contributed by atoms with Gasteiger partial charge in [-0.15, -0.1) is 0 Å². The maximum Gasteiger partial charge on any atom is 0.160 e. The first-order valence-electron chi connectivity index (χ1n) is 8.05. The van der Waals surface area contributed by atoms with Crippen molar-refractivity contribution in [3.63, 3.8) is 0 Å². The van der Waals surface area contributed by atoms with Crippen LogP contribution < -0.4 is 4.90 Å². The lowest BCUT2D eigenvalue weighted by Crippen LogP contribution is -2.35. The fraction of sp³-hybridized carbons (Fsp3) is 0.588. The average Bonchev–Trinajstić information content (AvgIpc) is 3.14. The normalized spacial score (nSPS) is 17.1. The Balaban J connectivity index is 2.04. The highest BCUT2D eigenvalue weighted by atomic mass is 16.1. The summed E-state index contributed by atoms with van der Waals surface area (Å²) in [6.45, 7) is 4.19. The molecule has 2 heterocycles. The lowest BCUT2D eigenvalue weighted by atomic mass is 9.98. The molecule has 0 amide bonds. The van der Waals surface area contributed by atoms with Crippen LogP contribution in [-0.4, -0.2) is 34.1 Å². The van der Waals surface area contributed by atoms with Crippen molar-refractivity contribution in [2.45, 2.75) is 45.6 Å². The Bertz CT molecular complexity index is 700. The van der Waals surface area contributed by atoms with Crippen LogP contribution in [0.15, 0.2) is 6.07 Å². The molecule has 0 spiro atoms. The molecule has 5 heteroatoms. The molecule has 3 rings (SSSR count). The number of pyridine rings is 1. The highest BCUT2D eigenvalue weighted by molar-refractivity contribution is 5.91. The van der Waals surface area contributed by atoms with Crippen LogP contribution in [-0.2, 0) is 7.05 Å². The Morgan fingerprint density at radius 1 is 1.41 bits per heavy atom. The van der Waals surface area contributed by atoms with Crippen LogP contribution >= 0.6 is 0 Å². The van der Waals surface area contributed by atoms with E-state index in [4.69, 9.17) is 4.98 Å². The number of aldehydes is 1. The van der Waals surface area contributed by atoms with Crippen LogP contribution in [0.5, 0.6) is 0 Å². The first kappa shape index (κ1) is 15.0. The minimum Gasteiger partial charge on any atom is -0.356 e. The third-order valence-electron chi connectivity index (χ3n) is 5.16. The summed E-state index contributed by atoms with van der Waals surface area (Å²) < 4.78 is 1.79. The van der Waals surface area contributed by atoms with E-state index in [9.17, 15) is 4.79 Å². The highest BCUT2D eigenvalue weighted by Crippen LogP contribution is 2.32. The number of hydrogen-bond donors (Lipinski definition) is 0. The molecule has 118 valence electrons. The number of carbonyl (C=O) groups is 1. The highest BCUT2D eigenvalue weighted by Gasteiger charge is 2.27. The van der Waals surface area contributed by atoms with Gasteiger partial charge in [-0.2, -0.15) is 5.10 Å². The molecule has 1 saturated carbocycles. The molecule has 1 aliphatic rings. The Morgan fingerprint density at radius 2 is 2.09 bits per heavy atom. The van der Waals surface area contributed by atoms with Crippen LogP contribution in [0.4, 0.5) is 5.82 Å². The van der Waals surface area contributed by atoms with Gasteiger partial charge in [-0.25, -0.2) is 4.98 Å². The van der Waals surface area contributed by atoms with E-state index in [0.717, 1.165) is 28.8 Å². The van der Waals surface area contributed by atoms with E-state index in [2.05, 4.69) is 16.9 Å². The fourth-order valence-corrected chi connectivity index (χ4v) is 3.67. The molecule has 0 radical (unpaired) electrons. The Morgan fingerprint density at radius 3 is 2.73 bits per heavy atom. The van der Waals surface area contributed by atoms with Gasteiger partial charge in [-0.1, -0.05) is 12.8 Å². The van der Waals surface area contributed by atoms with Crippen molar-refractivity contribution in [2.75, 3.05) is 11.9 Å². The van der Waals surface area contributed by atoms with Gasteiger partial charge in [0.15, 0.2) is 11.9 Å². The van der Waals surface area contributed by atoms with Gasteiger partial charge in [0, 0.05) is 25.5 Å². The van der Waals surface area contributed by atoms with Crippen LogP contribution in [0.3, 0.4) is 0 Å². The van der Waals surface area contributed by atoms with Crippen molar-refractivity contribution in [2.24, 2.45) is 13.0 Å². The molecular formula is C17H24N4O. The molecule has 0 aliphatic heterocycles. The standard InChI is InChI=1S/C17H24N4O/c1-11-15-9-14(10-22)16(18-17(15)21(4)19-11)20(3)12(2)13-7-5-6-8-13/h9-10,12-13H,5-8H2,1-4H3.